The summed E-state index contributed by atoms with van der Waals surface area (Å²) in [5.41, 5.74) is 4.54. The SMILES string of the molecule is NC(=O)N[Se][SH](=O)=O. The van der Waals surface area contributed by atoms with Crippen LogP contribution in [0.2, 0.25) is 0 Å². The molecule has 0 aliphatic carbocycles. The van der Waals surface area contributed by atoms with E-state index in [-0.39, 0.29) is 0 Å². The average Bonchev–Trinajstić information content (AvgIpc) is 1.61. The van der Waals surface area contributed by atoms with Crippen molar-refractivity contribution in [3.05, 3.63) is 0 Å². The van der Waals surface area contributed by atoms with E-state index in [0.717, 1.165) is 0 Å². The van der Waals surface area contributed by atoms with E-state index in [4.69, 9.17) is 0 Å². The number of nitrogens with one attached hydrogen (secondary N) is 1. The van der Waals surface area contributed by atoms with Crippen molar-refractivity contribution < 1.29 is 13.2 Å². The molecule has 0 saturated heterocycles. The Balaban J connectivity index is 3.32. The fourth-order valence-electron chi connectivity index (χ4n) is 0.0823. The third-order valence-corrected chi connectivity index (χ3v) is 2.40. The summed E-state index contributed by atoms with van der Waals surface area (Å²) in [6.07, 6.45) is 0. The summed E-state index contributed by atoms with van der Waals surface area (Å²) in [7, 11) is -2.48. The molecular weight excluding hydrogens is 199 g/mol. The van der Waals surface area contributed by atoms with Crippen molar-refractivity contribution >= 4 is 29.2 Å². The molecule has 0 aromatic heterocycles. The van der Waals surface area contributed by atoms with Crippen LogP contribution >= 0.6 is 0 Å². The third kappa shape index (κ3) is 5.74. The van der Waals surface area contributed by atoms with Gasteiger partial charge in [0, 0.05) is 0 Å². The summed E-state index contributed by atoms with van der Waals surface area (Å²) in [5.74, 6) is 0. The van der Waals surface area contributed by atoms with Crippen molar-refractivity contribution in [2.24, 2.45) is 5.73 Å². The van der Waals surface area contributed by atoms with Crippen LogP contribution in [-0.4, -0.2) is 28.5 Å². The molecule has 0 radical (unpaired) electrons. The fraction of sp³-hybridized carbons (Fsp3) is 0. The maximum absolute atomic E-state index is 9.76. The molecule has 5 nitrogen and oxygen atoms in total. The van der Waals surface area contributed by atoms with Crippen LogP contribution < -0.4 is 10.1 Å². The summed E-state index contributed by atoms with van der Waals surface area (Å²) in [5, 5.41) is 0. The monoisotopic (exact) mass is 204 g/mol. The second-order valence-corrected chi connectivity index (χ2v) is 4.87. The summed E-state index contributed by atoms with van der Waals surface area (Å²) in [6, 6.07) is -0.802. The summed E-state index contributed by atoms with van der Waals surface area (Å²) >= 11 is -0.874. The van der Waals surface area contributed by atoms with Crippen LogP contribution in [0.15, 0.2) is 0 Å². The first-order chi connectivity index (χ1) is 3.63. The minimum atomic E-state index is -2.48. The quantitative estimate of drug-likeness (QED) is 0.351. The first kappa shape index (κ1) is 7.74. The standard InChI is InChI=1S/CH4N2O3SSe/c2-1(4)3-8-7(5)6/h7H,(H3,2,3,4). The second-order valence-electron chi connectivity index (χ2n) is 0.781. The number of amides is 2. The van der Waals surface area contributed by atoms with Crippen LogP contribution in [0.25, 0.3) is 0 Å². The van der Waals surface area contributed by atoms with Crippen LogP contribution in [0.1, 0.15) is 0 Å². The minimum absolute atomic E-state index is 0.802. The summed E-state index contributed by atoms with van der Waals surface area (Å²) < 4.78 is 21.3. The number of thiol groups is 1. The van der Waals surface area contributed by atoms with E-state index >= 15 is 0 Å². The van der Waals surface area contributed by atoms with Crippen LogP contribution in [0.5, 0.6) is 0 Å². The first-order valence-electron chi connectivity index (χ1n) is 1.49. The van der Waals surface area contributed by atoms with Crippen molar-refractivity contribution in [3.8, 4) is 0 Å². The number of carbonyl (C=O) groups excluding carboxylic acids is 1. The Morgan fingerprint density at radius 2 is 2.12 bits per heavy atom. The predicted octanol–water partition coefficient (Wildman–Crippen LogP) is -2.20. The van der Waals surface area contributed by atoms with Gasteiger partial charge in [0.2, 0.25) is 0 Å². The van der Waals surface area contributed by atoms with Gasteiger partial charge in [-0.1, -0.05) is 0 Å². The predicted molar refractivity (Wildman–Crippen MR) is 28.8 cm³/mol. The molecule has 0 bridgehead atoms. The van der Waals surface area contributed by atoms with Gasteiger partial charge >= 0.3 is 52.5 Å². The van der Waals surface area contributed by atoms with Gasteiger partial charge in [0.15, 0.2) is 0 Å². The van der Waals surface area contributed by atoms with E-state index in [1.807, 2.05) is 4.33 Å². The number of hydrogen-bond donors (Lipinski definition) is 3. The molecule has 0 aromatic carbocycles. The number of hydrogen-bond acceptors (Lipinski definition) is 3. The Kier molecular flexibility index (Phi) is 3.59. The molecule has 48 valence electrons. The van der Waals surface area contributed by atoms with Gasteiger partial charge in [-0.25, -0.2) is 0 Å². The maximum atomic E-state index is 9.76. The van der Waals surface area contributed by atoms with E-state index in [0.29, 0.717) is 0 Å². The third-order valence-electron chi connectivity index (χ3n) is 0.221. The Morgan fingerprint density at radius 3 is 2.25 bits per heavy atom. The molecule has 0 fully saturated rings. The Morgan fingerprint density at radius 1 is 1.62 bits per heavy atom. The van der Waals surface area contributed by atoms with E-state index < -0.39 is 29.2 Å². The molecule has 0 unspecified atom stereocenters. The molecule has 8 heavy (non-hydrogen) atoms. The molecule has 0 aromatic rings. The van der Waals surface area contributed by atoms with Gasteiger partial charge in [0.05, 0.1) is 0 Å². The van der Waals surface area contributed by atoms with E-state index in [2.05, 4.69) is 5.73 Å². The molecule has 2 amide bonds. The summed E-state index contributed by atoms with van der Waals surface area (Å²) in [6.45, 7) is 0. The zero-order chi connectivity index (χ0) is 6.57. The molecule has 0 spiro atoms. The molecule has 0 saturated carbocycles. The summed E-state index contributed by atoms with van der Waals surface area (Å²) in [4.78, 5) is 9.76. The Labute approximate surface area is 53.0 Å². The van der Waals surface area contributed by atoms with Crippen molar-refractivity contribution in [2.45, 2.75) is 0 Å². The van der Waals surface area contributed by atoms with Crippen molar-refractivity contribution in [1.29, 1.82) is 0 Å². The van der Waals surface area contributed by atoms with Gasteiger partial charge in [0.25, 0.3) is 0 Å². The zero-order valence-corrected chi connectivity index (χ0v) is 6.27. The number of rotatable bonds is 2. The van der Waals surface area contributed by atoms with Gasteiger partial charge in [0.1, 0.15) is 0 Å². The van der Waals surface area contributed by atoms with Crippen LogP contribution in [0, 0.1) is 0 Å². The van der Waals surface area contributed by atoms with Crippen LogP contribution in [0.3, 0.4) is 0 Å². The fourth-order valence-corrected chi connectivity index (χ4v) is 1.28. The zero-order valence-electron chi connectivity index (χ0n) is 3.66. The number of carbonyl (C=O) groups is 1. The number of nitrogens with two attached hydrogens (primary N) is 1. The van der Waals surface area contributed by atoms with Crippen LogP contribution in [0.4, 0.5) is 4.79 Å². The van der Waals surface area contributed by atoms with Crippen molar-refractivity contribution in [3.63, 3.8) is 0 Å². The first-order valence-corrected chi connectivity index (χ1v) is 5.74. The van der Waals surface area contributed by atoms with E-state index in [9.17, 15) is 13.2 Å². The molecule has 0 atom stereocenters. The normalized spacial score (nSPS) is 9.12. The molecule has 0 rings (SSSR count). The van der Waals surface area contributed by atoms with E-state index in [1.54, 1.807) is 0 Å². The second kappa shape index (κ2) is 3.71. The van der Waals surface area contributed by atoms with Crippen LogP contribution in [-0.2, 0) is 9.12 Å². The average molecular weight is 203 g/mol. The molecule has 0 heterocycles. The van der Waals surface area contributed by atoms with Gasteiger partial charge in [-0.15, -0.1) is 0 Å². The Bertz CT molecular complexity index is 145. The number of urea groups is 1. The molecule has 0 aliphatic rings. The molecular formula is CH4N2O3SSe. The molecule has 0 aliphatic heterocycles. The van der Waals surface area contributed by atoms with Gasteiger partial charge in [-0.2, -0.15) is 0 Å². The van der Waals surface area contributed by atoms with E-state index in [1.165, 1.54) is 0 Å². The molecule has 7 heteroatoms. The topological polar surface area (TPSA) is 89.3 Å². The Hall–Kier alpha value is -0.261. The number of primary amides is 1. The van der Waals surface area contributed by atoms with Gasteiger partial charge in [-0.3, -0.25) is 0 Å². The molecule has 3 N–H and O–H groups in total. The van der Waals surface area contributed by atoms with Crippen molar-refractivity contribution in [2.75, 3.05) is 0 Å². The van der Waals surface area contributed by atoms with Gasteiger partial charge in [-0.05, 0) is 0 Å². The van der Waals surface area contributed by atoms with Crippen molar-refractivity contribution in [1.82, 2.24) is 4.33 Å². The van der Waals surface area contributed by atoms with Gasteiger partial charge < -0.3 is 0 Å².